The van der Waals surface area contributed by atoms with Crippen LogP contribution in [0.2, 0.25) is 0 Å². The Kier molecular flexibility index (Phi) is 7.04. The number of aromatic amines is 2. The molecular weight excluding hydrogens is 602 g/mol. The summed E-state index contributed by atoms with van der Waals surface area (Å²) in [7, 11) is 0. The lowest BCUT2D eigenvalue weighted by Gasteiger charge is -2.16. The molecule has 4 N–H and O–H groups in total. The predicted molar refractivity (Wildman–Crippen MR) is 168 cm³/mol. The van der Waals surface area contributed by atoms with Gasteiger partial charge >= 0.3 is 0 Å². The van der Waals surface area contributed by atoms with E-state index in [0.29, 0.717) is 5.92 Å². The van der Waals surface area contributed by atoms with Crippen molar-refractivity contribution in [2.24, 2.45) is 0 Å². The number of nitrogens with two attached hydrogens (primary N) is 1. The number of hydrogen-bond acceptors (Lipinski definition) is 3. The van der Waals surface area contributed by atoms with Crippen molar-refractivity contribution in [3.8, 4) is 11.1 Å². The first-order valence-electron chi connectivity index (χ1n) is 12.7. The van der Waals surface area contributed by atoms with Gasteiger partial charge in [-0.15, -0.1) is 0 Å². The molecule has 8 bridgehead atoms. The number of hydrogen-bond donors (Lipinski definition) is 3. The SMILES string of the molecule is Nc1ccc(-c2c3ccc(cc4nc(c(C(CCBr)CCBr)c5nc(cc6ccc2[nH]6)C=C5)C=C4)[nH]3)cc1. The van der Waals surface area contributed by atoms with Crippen molar-refractivity contribution in [1.29, 1.82) is 0 Å². The number of benzene rings is 1. The second-order valence-corrected chi connectivity index (χ2v) is 11.1. The van der Waals surface area contributed by atoms with Crippen molar-refractivity contribution in [2.75, 3.05) is 16.4 Å². The van der Waals surface area contributed by atoms with E-state index in [2.05, 4.69) is 115 Å². The van der Waals surface area contributed by atoms with E-state index in [-0.39, 0.29) is 0 Å². The summed E-state index contributed by atoms with van der Waals surface area (Å²) in [4.78, 5) is 17.3. The molecule has 3 aromatic heterocycles. The molecule has 2 aliphatic heterocycles. The highest BCUT2D eigenvalue weighted by Gasteiger charge is 2.20. The zero-order valence-electron chi connectivity index (χ0n) is 20.7. The summed E-state index contributed by atoms with van der Waals surface area (Å²) in [6.45, 7) is 0. The lowest BCUT2D eigenvalue weighted by Crippen LogP contribution is -2.05. The van der Waals surface area contributed by atoms with Crippen LogP contribution in [-0.4, -0.2) is 30.6 Å². The third kappa shape index (κ3) is 5.00. The van der Waals surface area contributed by atoms with Gasteiger partial charge in [0.2, 0.25) is 0 Å². The Bertz CT molecular complexity index is 1610. The van der Waals surface area contributed by atoms with Gasteiger partial charge in [0.25, 0.3) is 0 Å². The highest BCUT2D eigenvalue weighted by molar-refractivity contribution is 9.09. The van der Waals surface area contributed by atoms with Crippen LogP contribution in [0.25, 0.3) is 57.5 Å². The first kappa shape index (κ1) is 24.9. The molecule has 0 radical (unpaired) electrons. The number of alkyl halides is 2. The molecular formula is C31H27Br2N5. The maximum Gasteiger partial charge on any atom is 0.0694 e. The van der Waals surface area contributed by atoms with Gasteiger partial charge in [0.1, 0.15) is 0 Å². The zero-order valence-corrected chi connectivity index (χ0v) is 23.9. The predicted octanol–water partition coefficient (Wildman–Crippen LogP) is 8.56. The Morgan fingerprint density at radius 2 is 1.21 bits per heavy atom. The summed E-state index contributed by atoms with van der Waals surface area (Å²) in [6.07, 6.45) is 10.5. The topological polar surface area (TPSA) is 83.4 Å². The molecule has 0 atom stereocenters. The highest BCUT2D eigenvalue weighted by Crippen LogP contribution is 2.34. The van der Waals surface area contributed by atoms with E-state index in [1.54, 1.807) is 0 Å². The molecule has 2 aliphatic rings. The van der Waals surface area contributed by atoms with Gasteiger partial charge in [-0.25, -0.2) is 9.97 Å². The van der Waals surface area contributed by atoms with E-state index in [4.69, 9.17) is 15.7 Å². The molecule has 0 spiro atoms. The number of rotatable bonds is 6. The minimum Gasteiger partial charge on any atom is -0.399 e. The fraction of sp³-hybridized carbons (Fsp3) is 0.161. The molecule has 190 valence electrons. The van der Waals surface area contributed by atoms with Gasteiger partial charge in [0.05, 0.1) is 22.8 Å². The fourth-order valence-corrected chi connectivity index (χ4v) is 6.28. The summed E-state index contributed by atoms with van der Waals surface area (Å²) < 4.78 is 0. The fourth-order valence-electron chi connectivity index (χ4n) is 5.17. The molecule has 0 aliphatic carbocycles. The average Bonchev–Trinajstić information content (AvgIpc) is 3.72. The van der Waals surface area contributed by atoms with Crippen molar-refractivity contribution in [1.82, 2.24) is 19.9 Å². The van der Waals surface area contributed by atoms with Crippen molar-refractivity contribution in [3.05, 3.63) is 89.0 Å². The van der Waals surface area contributed by atoms with Gasteiger partial charge in [-0.1, -0.05) is 44.0 Å². The Balaban J connectivity index is 1.66. The van der Waals surface area contributed by atoms with Crippen LogP contribution in [0.1, 0.15) is 47.1 Å². The summed E-state index contributed by atoms with van der Waals surface area (Å²) in [5, 5.41) is 1.85. The van der Waals surface area contributed by atoms with Crippen molar-refractivity contribution >= 4 is 83.9 Å². The number of fused-ring (bicyclic) bond motifs is 8. The van der Waals surface area contributed by atoms with Crippen LogP contribution in [0, 0.1) is 0 Å². The van der Waals surface area contributed by atoms with Crippen LogP contribution in [0.3, 0.4) is 0 Å². The minimum atomic E-state index is 0.337. The Hall–Kier alpha value is -3.42. The summed E-state index contributed by atoms with van der Waals surface area (Å²) >= 11 is 7.32. The van der Waals surface area contributed by atoms with Gasteiger partial charge in [0, 0.05) is 49.5 Å². The molecule has 38 heavy (non-hydrogen) atoms. The molecule has 1 aromatic carbocycles. The molecule has 0 unspecified atom stereocenters. The lowest BCUT2D eigenvalue weighted by molar-refractivity contribution is 0.650. The maximum atomic E-state index is 5.99. The van der Waals surface area contributed by atoms with Gasteiger partial charge in [-0.2, -0.15) is 0 Å². The normalized spacial score (nSPS) is 12.5. The van der Waals surface area contributed by atoms with Crippen LogP contribution in [0.5, 0.6) is 0 Å². The third-order valence-electron chi connectivity index (χ3n) is 6.96. The van der Waals surface area contributed by atoms with E-state index in [9.17, 15) is 0 Å². The summed E-state index contributed by atoms with van der Waals surface area (Å²) in [6, 6.07) is 20.6. The van der Waals surface area contributed by atoms with Crippen molar-refractivity contribution < 1.29 is 0 Å². The van der Waals surface area contributed by atoms with Crippen LogP contribution in [-0.2, 0) is 0 Å². The van der Waals surface area contributed by atoms with E-state index in [1.165, 1.54) is 5.56 Å². The Morgan fingerprint density at radius 1 is 0.684 bits per heavy atom. The largest absolute Gasteiger partial charge is 0.399 e. The average molecular weight is 629 g/mol. The van der Waals surface area contributed by atoms with Crippen LogP contribution in [0.4, 0.5) is 5.69 Å². The smallest absolute Gasteiger partial charge is 0.0694 e. The zero-order chi connectivity index (χ0) is 26.1. The molecule has 0 saturated heterocycles. The van der Waals surface area contributed by atoms with Crippen LogP contribution in [0.15, 0.2) is 60.7 Å². The molecule has 0 fully saturated rings. The number of nitrogens with one attached hydrogen (secondary N) is 2. The minimum absolute atomic E-state index is 0.337. The molecule has 0 saturated carbocycles. The number of nitrogen functional groups attached to an aromatic ring is 1. The quantitative estimate of drug-likeness (QED) is 0.128. The van der Waals surface area contributed by atoms with Gasteiger partial charge in [0.15, 0.2) is 0 Å². The molecule has 0 amide bonds. The maximum absolute atomic E-state index is 5.99. The van der Waals surface area contributed by atoms with E-state index < -0.39 is 0 Å². The number of halogens is 2. The molecule has 5 nitrogen and oxygen atoms in total. The number of anilines is 1. The first-order valence-corrected chi connectivity index (χ1v) is 14.9. The van der Waals surface area contributed by atoms with Crippen molar-refractivity contribution in [3.63, 3.8) is 0 Å². The number of nitrogens with zero attached hydrogens (tertiary/aromatic N) is 2. The first-order chi connectivity index (χ1) is 18.6. The summed E-state index contributed by atoms with van der Waals surface area (Å²) in [5.41, 5.74) is 17.9. The van der Waals surface area contributed by atoms with Gasteiger partial charge in [-0.3, -0.25) is 0 Å². The Labute approximate surface area is 238 Å². The molecule has 7 heteroatoms. The lowest BCUT2D eigenvalue weighted by atomic mass is 9.91. The second kappa shape index (κ2) is 10.8. The molecule has 6 rings (SSSR count). The third-order valence-corrected chi connectivity index (χ3v) is 7.88. The van der Waals surface area contributed by atoms with E-state index >= 15 is 0 Å². The monoisotopic (exact) mass is 627 g/mol. The van der Waals surface area contributed by atoms with Crippen LogP contribution >= 0.6 is 31.9 Å². The standard InChI is InChI=1S/C31H27Br2N5/c32-15-13-20(14-16-33)31-28-11-7-24(37-28)17-22-5-9-26(35-22)30(19-1-3-21(34)4-2-19)27-10-6-23(36-27)18-25-8-12-29(31)38-25/h1-12,17-18,20,35-36H,13-16,34H2. The van der Waals surface area contributed by atoms with Crippen LogP contribution < -0.4 is 5.73 Å². The van der Waals surface area contributed by atoms with Crippen molar-refractivity contribution in [2.45, 2.75) is 18.8 Å². The number of aromatic nitrogens is 4. The molecule has 5 heterocycles. The second-order valence-electron chi connectivity index (χ2n) is 9.52. The van der Waals surface area contributed by atoms with Gasteiger partial charge < -0.3 is 15.7 Å². The number of H-pyrrole nitrogens is 2. The van der Waals surface area contributed by atoms with Gasteiger partial charge in [-0.05, 0) is 97.2 Å². The van der Waals surface area contributed by atoms with E-state index in [1.807, 2.05) is 12.1 Å². The highest BCUT2D eigenvalue weighted by atomic mass is 79.9. The van der Waals surface area contributed by atoms with E-state index in [0.717, 1.165) is 85.2 Å². The summed E-state index contributed by atoms with van der Waals surface area (Å²) in [5.74, 6) is 0.337. The Morgan fingerprint density at radius 3 is 1.71 bits per heavy atom. The molecule has 4 aromatic rings.